The molecule has 0 bridgehead atoms. The molecule has 1 saturated heterocycles. The SMILES string of the molecule is Cc1ccc(C2CC(C(=O)N3CCCCCC3)=NN2c2ccc(Cl)cc2Cl)cc1. The molecule has 4 nitrogen and oxygen atoms in total. The maximum atomic E-state index is 13.2. The van der Waals surface area contributed by atoms with Crippen LogP contribution in [-0.4, -0.2) is 29.6 Å². The first-order valence-electron chi connectivity index (χ1n) is 10.2. The van der Waals surface area contributed by atoms with Crippen LogP contribution in [0.2, 0.25) is 10.0 Å². The van der Waals surface area contributed by atoms with Crippen molar-refractivity contribution >= 4 is 40.5 Å². The molecule has 0 aromatic heterocycles. The Bertz CT molecular complexity index is 918. The number of likely N-dealkylation sites (tertiary alicyclic amines) is 1. The highest BCUT2D eigenvalue weighted by atomic mass is 35.5. The van der Waals surface area contributed by atoms with Gasteiger partial charge in [-0.15, -0.1) is 0 Å². The predicted molar refractivity (Wildman–Crippen MR) is 120 cm³/mol. The highest BCUT2D eigenvalue weighted by Crippen LogP contribution is 2.40. The summed E-state index contributed by atoms with van der Waals surface area (Å²) in [4.78, 5) is 15.2. The number of anilines is 1. The fourth-order valence-corrected chi connectivity index (χ4v) is 4.53. The van der Waals surface area contributed by atoms with Crippen LogP contribution >= 0.6 is 23.2 Å². The Labute approximate surface area is 182 Å². The lowest BCUT2D eigenvalue weighted by molar-refractivity contribution is -0.124. The van der Waals surface area contributed by atoms with Crippen LogP contribution in [0, 0.1) is 6.92 Å². The molecule has 1 amide bonds. The first-order chi connectivity index (χ1) is 14.0. The number of benzene rings is 2. The number of amides is 1. The Morgan fingerprint density at radius 2 is 1.69 bits per heavy atom. The third-order valence-corrected chi connectivity index (χ3v) is 6.21. The average Bonchev–Trinajstić information content (AvgIpc) is 2.95. The molecule has 1 atom stereocenters. The van der Waals surface area contributed by atoms with Crippen LogP contribution in [-0.2, 0) is 4.79 Å². The Hall–Kier alpha value is -2.04. The first-order valence-corrected chi connectivity index (χ1v) is 11.0. The quantitative estimate of drug-likeness (QED) is 0.598. The highest BCUT2D eigenvalue weighted by Gasteiger charge is 2.35. The van der Waals surface area contributed by atoms with Crippen molar-refractivity contribution in [3.05, 3.63) is 63.6 Å². The lowest BCUT2D eigenvalue weighted by Gasteiger charge is -2.25. The number of nitrogens with zero attached hydrogens (tertiary/aromatic N) is 3. The molecule has 0 N–H and O–H groups in total. The van der Waals surface area contributed by atoms with Crippen LogP contribution in [0.4, 0.5) is 5.69 Å². The molecule has 4 rings (SSSR count). The fourth-order valence-electron chi connectivity index (χ4n) is 4.03. The van der Waals surface area contributed by atoms with Gasteiger partial charge in [0.25, 0.3) is 5.91 Å². The molecule has 2 aromatic rings. The number of carbonyl (C=O) groups excluding carboxylic acids is 1. The monoisotopic (exact) mass is 429 g/mol. The summed E-state index contributed by atoms with van der Waals surface area (Å²) < 4.78 is 0. The molecule has 2 heterocycles. The molecule has 29 heavy (non-hydrogen) atoms. The number of hydrogen-bond acceptors (Lipinski definition) is 3. The van der Waals surface area contributed by atoms with E-state index in [0.29, 0.717) is 22.2 Å². The molecule has 1 unspecified atom stereocenters. The second-order valence-corrected chi connectivity index (χ2v) is 8.67. The van der Waals surface area contributed by atoms with Crippen LogP contribution in [0.25, 0.3) is 0 Å². The van der Waals surface area contributed by atoms with Gasteiger partial charge in [-0.25, -0.2) is 0 Å². The minimum Gasteiger partial charge on any atom is -0.338 e. The zero-order valence-electron chi connectivity index (χ0n) is 16.6. The zero-order chi connectivity index (χ0) is 20.4. The Morgan fingerprint density at radius 1 is 1.00 bits per heavy atom. The normalized spacial score (nSPS) is 19.8. The van der Waals surface area contributed by atoms with E-state index in [2.05, 4.69) is 31.2 Å². The number of aryl methyl sites for hydroxylation is 1. The van der Waals surface area contributed by atoms with Crippen molar-refractivity contribution in [1.29, 1.82) is 0 Å². The van der Waals surface area contributed by atoms with Crippen molar-refractivity contribution in [2.45, 2.75) is 45.1 Å². The third-order valence-electron chi connectivity index (χ3n) is 5.67. The summed E-state index contributed by atoms with van der Waals surface area (Å²) in [5.74, 6) is 0.0524. The van der Waals surface area contributed by atoms with Crippen LogP contribution in [0.5, 0.6) is 0 Å². The van der Waals surface area contributed by atoms with Gasteiger partial charge in [0.15, 0.2) is 0 Å². The molecule has 152 valence electrons. The number of carbonyl (C=O) groups is 1. The molecule has 0 saturated carbocycles. The standard InChI is InChI=1S/C23H25Cl2N3O/c1-16-6-8-17(9-7-16)22-15-20(23(29)27-12-4-2-3-5-13-27)26-28(22)21-11-10-18(24)14-19(21)25/h6-11,14,22H,2-5,12-13,15H2,1H3. The molecule has 6 heteroatoms. The van der Waals surface area contributed by atoms with E-state index >= 15 is 0 Å². The smallest absolute Gasteiger partial charge is 0.270 e. The van der Waals surface area contributed by atoms with Gasteiger partial charge in [0, 0.05) is 24.5 Å². The van der Waals surface area contributed by atoms with Crippen molar-refractivity contribution in [1.82, 2.24) is 4.90 Å². The molecular formula is C23H25Cl2N3O. The third kappa shape index (κ3) is 4.44. The lowest BCUT2D eigenvalue weighted by Crippen LogP contribution is -2.36. The Balaban J connectivity index is 1.68. The number of hydrazone groups is 1. The van der Waals surface area contributed by atoms with Crippen LogP contribution in [0.15, 0.2) is 47.6 Å². The van der Waals surface area contributed by atoms with Gasteiger partial charge < -0.3 is 4.90 Å². The van der Waals surface area contributed by atoms with Crippen LogP contribution < -0.4 is 5.01 Å². The van der Waals surface area contributed by atoms with Crippen molar-refractivity contribution < 1.29 is 4.79 Å². The second-order valence-electron chi connectivity index (χ2n) is 7.82. The van der Waals surface area contributed by atoms with Crippen molar-refractivity contribution in [2.24, 2.45) is 5.10 Å². The highest BCUT2D eigenvalue weighted by molar-refractivity contribution is 6.40. The van der Waals surface area contributed by atoms with E-state index in [0.717, 1.165) is 37.2 Å². The lowest BCUT2D eigenvalue weighted by atomic mass is 9.99. The Kier molecular flexibility index (Phi) is 6.12. The summed E-state index contributed by atoms with van der Waals surface area (Å²) in [6.07, 6.45) is 5.07. The maximum Gasteiger partial charge on any atom is 0.270 e. The average molecular weight is 430 g/mol. The van der Waals surface area contributed by atoms with Gasteiger partial charge in [-0.1, -0.05) is 65.9 Å². The molecule has 0 aliphatic carbocycles. The number of rotatable bonds is 3. The van der Waals surface area contributed by atoms with Gasteiger partial charge >= 0.3 is 0 Å². The number of hydrogen-bond donors (Lipinski definition) is 0. The van der Waals surface area contributed by atoms with Crippen LogP contribution in [0.1, 0.15) is 49.3 Å². The van der Waals surface area contributed by atoms with E-state index in [4.69, 9.17) is 28.3 Å². The molecule has 2 aliphatic rings. The van der Waals surface area contributed by atoms with E-state index in [1.54, 1.807) is 12.1 Å². The van der Waals surface area contributed by atoms with Crippen LogP contribution in [0.3, 0.4) is 0 Å². The van der Waals surface area contributed by atoms with Gasteiger partial charge in [-0.2, -0.15) is 5.10 Å². The first kappa shape index (κ1) is 20.2. The van der Waals surface area contributed by atoms with Crippen molar-refractivity contribution in [3.63, 3.8) is 0 Å². The van der Waals surface area contributed by atoms with Crippen molar-refractivity contribution in [3.8, 4) is 0 Å². The summed E-state index contributed by atoms with van der Waals surface area (Å²) in [5.41, 5.74) is 3.68. The fraction of sp³-hybridized carbons (Fsp3) is 0.391. The second kappa shape index (κ2) is 8.76. The van der Waals surface area contributed by atoms with E-state index in [1.165, 1.54) is 18.4 Å². The summed E-state index contributed by atoms with van der Waals surface area (Å²) in [7, 11) is 0. The largest absolute Gasteiger partial charge is 0.338 e. The predicted octanol–water partition coefficient (Wildman–Crippen LogP) is 6.01. The maximum absolute atomic E-state index is 13.2. The van der Waals surface area contributed by atoms with E-state index in [-0.39, 0.29) is 11.9 Å². The number of halogens is 2. The van der Waals surface area contributed by atoms with Gasteiger partial charge in [0.05, 0.1) is 16.8 Å². The summed E-state index contributed by atoms with van der Waals surface area (Å²) in [5, 5.41) is 7.76. The summed E-state index contributed by atoms with van der Waals surface area (Å²) in [6.45, 7) is 3.69. The minimum atomic E-state index is -0.0693. The zero-order valence-corrected chi connectivity index (χ0v) is 18.1. The Morgan fingerprint density at radius 3 is 2.34 bits per heavy atom. The molecular weight excluding hydrogens is 405 g/mol. The van der Waals surface area contributed by atoms with Gasteiger partial charge in [0.2, 0.25) is 0 Å². The van der Waals surface area contributed by atoms with Crippen molar-refractivity contribution in [2.75, 3.05) is 18.1 Å². The van der Waals surface area contributed by atoms with E-state index < -0.39 is 0 Å². The van der Waals surface area contributed by atoms with Gasteiger partial charge in [-0.05, 0) is 43.5 Å². The summed E-state index contributed by atoms with van der Waals surface area (Å²) in [6, 6.07) is 13.7. The van der Waals surface area contributed by atoms with E-state index in [1.807, 2.05) is 16.0 Å². The molecule has 2 aromatic carbocycles. The van der Waals surface area contributed by atoms with E-state index in [9.17, 15) is 4.79 Å². The molecule has 2 aliphatic heterocycles. The molecule has 0 spiro atoms. The summed E-state index contributed by atoms with van der Waals surface area (Å²) >= 11 is 12.6. The van der Waals surface area contributed by atoms with Gasteiger partial charge in [-0.3, -0.25) is 9.80 Å². The van der Waals surface area contributed by atoms with Gasteiger partial charge in [0.1, 0.15) is 5.71 Å². The minimum absolute atomic E-state index is 0.0524. The molecule has 0 radical (unpaired) electrons. The molecule has 1 fully saturated rings. The topological polar surface area (TPSA) is 35.9 Å².